The zero-order chi connectivity index (χ0) is 25.4. The van der Waals surface area contributed by atoms with Gasteiger partial charge >= 0.3 is 11.9 Å². The molecule has 1 heterocycles. The molecule has 0 aliphatic carbocycles. The number of methoxy groups -OCH3 is 1. The lowest BCUT2D eigenvalue weighted by molar-refractivity contribution is -0.144. The summed E-state index contributed by atoms with van der Waals surface area (Å²) in [5, 5.41) is 9.44. The summed E-state index contributed by atoms with van der Waals surface area (Å²) in [4.78, 5) is 30.3. The maximum atomic E-state index is 13.2. The molecular weight excluding hydrogens is 470 g/mol. The Bertz CT molecular complexity index is 1110. The molecule has 1 aliphatic heterocycles. The molecule has 2 atom stereocenters. The van der Waals surface area contributed by atoms with E-state index in [0.717, 1.165) is 5.56 Å². The molecule has 2 unspecified atom stereocenters. The number of benzene rings is 2. The average molecular weight is 500 g/mol. The summed E-state index contributed by atoms with van der Waals surface area (Å²) in [5.74, 6) is -1.80. The van der Waals surface area contributed by atoms with Gasteiger partial charge in [0.15, 0.2) is 0 Å². The van der Waals surface area contributed by atoms with E-state index in [4.69, 9.17) is 30.9 Å². The number of hydrogen-bond acceptors (Lipinski definition) is 7. The first-order chi connectivity index (χ1) is 16.9. The van der Waals surface area contributed by atoms with E-state index in [-0.39, 0.29) is 13.2 Å². The average Bonchev–Trinajstić information content (AvgIpc) is 2.84. The van der Waals surface area contributed by atoms with Crippen molar-refractivity contribution in [2.24, 2.45) is 10.9 Å². The molecule has 1 N–H and O–H groups in total. The number of nitrogens with zero attached hydrogens (tertiary/aromatic N) is 1. The molecule has 1 aliphatic rings. The zero-order valence-corrected chi connectivity index (χ0v) is 20.9. The lowest BCUT2D eigenvalue weighted by atomic mass is 9.75. The Morgan fingerprint density at radius 1 is 1.06 bits per heavy atom. The number of allylic oxidation sites excluding steroid dienone is 1. The number of ether oxygens (including phenoxy) is 3. The first-order valence-electron chi connectivity index (χ1n) is 11.4. The van der Waals surface area contributed by atoms with Crippen LogP contribution >= 0.6 is 11.6 Å². The van der Waals surface area contributed by atoms with E-state index >= 15 is 0 Å². The second-order valence-corrected chi connectivity index (χ2v) is 8.61. The highest BCUT2D eigenvalue weighted by atomic mass is 35.5. The van der Waals surface area contributed by atoms with Crippen LogP contribution in [0.2, 0.25) is 5.02 Å². The molecule has 0 bridgehead atoms. The third kappa shape index (κ3) is 6.50. The highest BCUT2D eigenvalue weighted by molar-refractivity contribution is 6.31. The number of carbonyl (C=O) groups excluding carboxylic acids is 2. The molecule has 3 rings (SSSR count). The molecule has 0 fully saturated rings. The summed E-state index contributed by atoms with van der Waals surface area (Å²) in [5.41, 5.74) is 2.99. The van der Waals surface area contributed by atoms with Gasteiger partial charge in [-0.15, -0.1) is 0 Å². The predicted octanol–water partition coefficient (Wildman–Crippen LogP) is 4.51. The van der Waals surface area contributed by atoms with Gasteiger partial charge < -0.3 is 19.3 Å². The number of aliphatic imine (C=N–C) groups is 1. The van der Waals surface area contributed by atoms with Gasteiger partial charge in [-0.05, 0) is 49.6 Å². The number of esters is 2. The van der Waals surface area contributed by atoms with Gasteiger partial charge in [-0.3, -0.25) is 9.79 Å². The maximum absolute atomic E-state index is 13.2. The Morgan fingerprint density at radius 2 is 1.77 bits per heavy atom. The molecule has 0 amide bonds. The summed E-state index contributed by atoms with van der Waals surface area (Å²) in [6, 6.07) is 14.6. The molecule has 0 spiro atoms. The lowest BCUT2D eigenvalue weighted by Gasteiger charge is -2.31. The van der Waals surface area contributed by atoms with Crippen LogP contribution in [0.1, 0.15) is 37.3 Å². The van der Waals surface area contributed by atoms with Gasteiger partial charge in [0, 0.05) is 35.4 Å². The Morgan fingerprint density at radius 3 is 2.43 bits per heavy atom. The Hall–Kier alpha value is -3.16. The fourth-order valence-corrected chi connectivity index (χ4v) is 4.42. The minimum atomic E-state index is -0.789. The van der Waals surface area contributed by atoms with E-state index in [1.54, 1.807) is 32.0 Å². The van der Waals surface area contributed by atoms with Crippen LogP contribution in [0.4, 0.5) is 0 Å². The largest absolute Gasteiger partial charge is 0.493 e. The van der Waals surface area contributed by atoms with Gasteiger partial charge in [-0.25, -0.2) is 4.79 Å². The number of hydrogen-bond donors (Lipinski definition) is 1. The van der Waals surface area contributed by atoms with Gasteiger partial charge in [-0.1, -0.05) is 41.9 Å². The van der Waals surface area contributed by atoms with Crippen molar-refractivity contribution >= 4 is 29.3 Å². The van der Waals surface area contributed by atoms with E-state index in [1.807, 2.05) is 30.3 Å². The summed E-state index contributed by atoms with van der Waals surface area (Å²) in [6.45, 7) is 4.06. The van der Waals surface area contributed by atoms with E-state index in [9.17, 15) is 9.59 Å². The van der Waals surface area contributed by atoms with E-state index in [2.05, 4.69) is 4.99 Å². The Labute approximate surface area is 210 Å². The third-order valence-corrected chi connectivity index (χ3v) is 6.20. The second-order valence-electron chi connectivity index (χ2n) is 8.21. The van der Waals surface area contributed by atoms with Crippen LogP contribution in [0.3, 0.4) is 0 Å². The SMILES string of the molecule is COC(=O)C1C(C)=NC(C)=C(C(=O)OCCCOc2ccc(CCO)cc2)C1c1ccccc1Cl. The first-order valence-corrected chi connectivity index (χ1v) is 11.8. The summed E-state index contributed by atoms with van der Waals surface area (Å²) in [7, 11) is 1.31. The zero-order valence-electron chi connectivity index (χ0n) is 20.1. The molecule has 2 aromatic rings. The number of aliphatic hydroxyl groups excluding tert-OH is 1. The molecule has 35 heavy (non-hydrogen) atoms. The summed E-state index contributed by atoms with van der Waals surface area (Å²) in [6.07, 6.45) is 1.08. The number of aliphatic hydroxyl groups is 1. The molecule has 0 saturated carbocycles. The monoisotopic (exact) mass is 499 g/mol. The molecular formula is C27H30ClNO6. The summed E-state index contributed by atoms with van der Waals surface area (Å²) >= 11 is 6.47. The van der Waals surface area contributed by atoms with Crippen molar-refractivity contribution in [1.29, 1.82) is 0 Å². The highest BCUT2D eigenvalue weighted by Gasteiger charge is 2.42. The highest BCUT2D eigenvalue weighted by Crippen LogP contribution is 2.42. The topological polar surface area (TPSA) is 94.4 Å². The summed E-state index contributed by atoms with van der Waals surface area (Å²) < 4.78 is 16.3. The number of rotatable bonds is 10. The lowest BCUT2D eigenvalue weighted by Crippen LogP contribution is -2.36. The van der Waals surface area contributed by atoms with Crippen LogP contribution < -0.4 is 4.74 Å². The van der Waals surface area contributed by atoms with Gasteiger partial charge in [0.25, 0.3) is 0 Å². The van der Waals surface area contributed by atoms with Gasteiger partial charge in [-0.2, -0.15) is 0 Å². The number of halogens is 1. The minimum absolute atomic E-state index is 0.101. The molecule has 0 radical (unpaired) electrons. The van der Waals surface area contributed by atoms with Crippen molar-refractivity contribution in [3.8, 4) is 5.75 Å². The third-order valence-electron chi connectivity index (χ3n) is 5.86. The molecule has 0 saturated heterocycles. The van der Waals surface area contributed by atoms with Gasteiger partial charge in [0.2, 0.25) is 0 Å². The molecule has 186 valence electrons. The van der Waals surface area contributed by atoms with Crippen molar-refractivity contribution in [2.45, 2.75) is 32.6 Å². The molecule has 2 aromatic carbocycles. The Balaban J connectivity index is 1.69. The number of carbonyl (C=O) groups is 2. The van der Waals surface area contributed by atoms with E-state index in [0.29, 0.717) is 52.8 Å². The molecule has 8 heteroatoms. The second kappa shape index (κ2) is 12.5. The van der Waals surface area contributed by atoms with Crippen LogP contribution in [-0.2, 0) is 25.5 Å². The van der Waals surface area contributed by atoms with Crippen LogP contribution in [0.25, 0.3) is 0 Å². The van der Waals surface area contributed by atoms with Crippen molar-refractivity contribution in [3.05, 3.63) is 76.0 Å². The van der Waals surface area contributed by atoms with Crippen LogP contribution in [-0.4, -0.2) is 49.7 Å². The Kier molecular flexibility index (Phi) is 9.46. The first kappa shape index (κ1) is 26.4. The normalized spacial score (nSPS) is 17.6. The minimum Gasteiger partial charge on any atom is -0.493 e. The molecule has 7 nitrogen and oxygen atoms in total. The van der Waals surface area contributed by atoms with Crippen LogP contribution in [0.15, 0.2) is 64.8 Å². The molecule has 0 aromatic heterocycles. The van der Waals surface area contributed by atoms with Crippen molar-refractivity contribution in [2.75, 3.05) is 26.9 Å². The van der Waals surface area contributed by atoms with Crippen molar-refractivity contribution in [3.63, 3.8) is 0 Å². The smallest absolute Gasteiger partial charge is 0.336 e. The van der Waals surface area contributed by atoms with Crippen molar-refractivity contribution in [1.82, 2.24) is 0 Å². The quantitative estimate of drug-likeness (QED) is 0.382. The predicted molar refractivity (Wildman–Crippen MR) is 134 cm³/mol. The van der Waals surface area contributed by atoms with E-state index in [1.165, 1.54) is 7.11 Å². The fourth-order valence-electron chi connectivity index (χ4n) is 4.17. The van der Waals surface area contributed by atoms with Crippen LogP contribution in [0.5, 0.6) is 5.75 Å². The van der Waals surface area contributed by atoms with Gasteiger partial charge in [0.1, 0.15) is 11.7 Å². The van der Waals surface area contributed by atoms with E-state index < -0.39 is 23.8 Å². The standard InChI is InChI=1S/C27H30ClNO6/c1-17-23(26(31)33-3)25(21-7-4-5-8-22(21)28)24(18(2)29-17)27(32)35-16-6-15-34-20-11-9-19(10-12-20)13-14-30/h4-5,7-12,23,25,30H,6,13-16H2,1-3H3. The van der Waals surface area contributed by atoms with Crippen molar-refractivity contribution < 1.29 is 28.9 Å². The van der Waals surface area contributed by atoms with Gasteiger partial charge in [0.05, 0.1) is 25.9 Å². The fraction of sp³-hybridized carbons (Fsp3) is 0.370. The van der Waals surface area contributed by atoms with Crippen LogP contribution in [0, 0.1) is 5.92 Å². The maximum Gasteiger partial charge on any atom is 0.336 e.